The predicted molar refractivity (Wildman–Crippen MR) is 145 cm³/mol. The van der Waals surface area contributed by atoms with Crippen LogP contribution in [0.4, 0.5) is 0 Å². The molecule has 0 spiro atoms. The van der Waals surface area contributed by atoms with Gasteiger partial charge in [0.15, 0.2) is 13.2 Å². The lowest BCUT2D eigenvalue weighted by Crippen LogP contribution is -2.36. The summed E-state index contributed by atoms with van der Waals surface area (Å²) in [6.07, 6.45) is 0. The number of rotatable bonds is 9. The van der Waals surface area contributed by atoms with Crippen molar-refractivity contribution in [1.82, 2.24) is 4.90 Å². The molecule has 0 bridgehead atoms. The molecule has 0 saturated carbocycles. The highest BCUT2D eigenvalue weighted by atomic mass is 35.5. The number of amides is 2. The van der Waals surface area contributed by atoms with Crippen molar-refractivity contribution >= 4 is 81.7 Å². The van der Waals surface area contributed by atoms with E-state index < -0.39 is 55.1 Å². The Bertz CT molecular complexity index is 1600. The number of halogens is 4. The third-order valence-corrected chi connectivity index (χ3v) is 6.75. The minimum atomic E-state index is -1.02. The molecule has 1 heterocycles. The zero-order valence-corrected chi connectivity index (χ0v) is 23.1. The van der Waals surface area contributed by atoms with Crippen molar-refractivity contribution in [2.75, 3.05) is 19.8 Å². The number of carbonyl (C=O) groups is 6. The molecule has 0 unspecified atom stereocenters. The standard InChI is InChI=1S/C27H15Cl4NO8/c28-14-2-5-17(20(30)8-14)22(33)11-39-24(35)10-32-25(36)16-4-1-13(7-19(16)26(32)37)27(38)40-12-23(34)18-6-3-15(29)9-21(18)31/h1-9H,10-12H2. The summed E-state index contributed by atoms with van der Waals surface area (Å²) in [7, 11) is 0. The van der Waals surface area contributed by atoms with Crippen LogP contribution in [0, 0.1) is 0 Å². The maximum absolute atomic E-state index is 12.8. The fourth-order valence-corrected chi connectivity index (χ4v) is 4.71. The van der Waals surface area contributed by atoms with Gasteiger partial charge in [0.2, 0.25) is 11.6 Å². The highest BCUT2D eigenvalue weighted by Crippen LogP contribution is 2.26. The van der Waals surface area contributed by atoms with E-state index in [1.807, 2.05) is 0 Å². The number of Topliss-reactive ketones (excluding diaryl/α,β-unsaturated/α-hetero) is 2. The van der Waals surface area contributed by atoms with E-state index in [9.17, 15) is 28.8 Å². The predicted octanol–water partition coefficient (Wildman–Crippen LogP) is 5.36. The third kappa shape index (κ3) is 6.34. The smallest absolute Gasteiger partial charge is 0.338 e. The van der Waals surface area contributed by atoms with E-state index in [0.717, 1.165) is 6.07 Å². The summed E-state index contributed by atoms with van der Waals surface area (Å²) >= 11 is 23.6. The molecule has 0 aliphatic carbocycles. The van der Waals surface area contributed by atoms with Crippen LogP contribution >= 0.6 is 46.4 Å². The number of ketones is 2. The molecule has 1 aliphatic rings. The molecule has 13 heteroatoms. The van der Waals surface area contributed by atoms with Gasteiger partial charge in [-0.1, -0.05) is 46.4 Å². The van der Waals surface area contributed by atoms with E-state index in [-0.39, 0.29) is 37.9 Å². The Balaban J connectivity index is 1.36. The molecule has 40 heavy (non-hydrogen) atoms. The van der Waals surface area contributed by atoms with Crippen molar-refractivity contribution in [2.24, 2.45) is 0 Å². The lowest BCUT2D eigenvalue weighted by molar-refractivity contribution is -0.142. The quantitative estimate of drug-likeness (QED) is 0.177. The van der Waals surface area contributed by atoms with Crippen LogP contribution in [0.1, 0.15) is 51.8 Å². The number of imide groups is 1. The van der Waals surface area contributed by atoms with Gasteiger partial charge in [0, 0.05) is 21.2 Å². The molecule has 9 nitrogen and oxygen atoms in total. The highest BCUT2D eigenvalue weighted by Gasteiger charge is 2.37. The monoisotopic (exact) mass is 621 g/mol. The summed E-state index contributed by atoms with van der Waals surface area (Å²) in [5.41, 5.74) is -0.124. The van der Waals surface area contributed by atoms with Crippen molar-refractivity contribution in [3.8, 4) is 0 Å². The average molecular weight is 623 g/mol. The summed E-state index contributed by atoms with van der Waals surface area (Å²) < 4.78 is 9.96. The maximum Gasteiger partial charge on any atom is 0.338 e. The first-order chi connectivity index (χ1) is 19.0. The van der Waals surface area contributed by atoms with Gasteiger partial charge in [-0.25, -0.2) is 4.79 Å². The van der Waals surface area contributed by atoms with E-state index in [1.54, 1.807) is 0 Å². The van der Waals surface area contributed by atoms with Crippen LogP contribution in [0.25, 0.3) is 0 Å². The van der Waals surface area contributed by atoms with Crippen LogP contribution in [-0.2, 0) is 14.3 Å². The van der Waals surface area contributed by atoms with Crippen molar-refractivity contribution in [3.63, 3.8) is 0 Å². The summed E-state index contributed by atoms with van der Waals surface area (Å²) in [5.74, 6) is -4.80. The number of nitrogens with zero attached hydrogens (tertiary/aromatic N) is 1. The molecule has 204 valence electrons. The van der Waals surface area contributed by atoms with Gasteiger partial charge < -0.3 is 9.47 Å². The van der Waals surface area contributed by atoms with Crippen LogP contribution in [-0.4, -0.2) is 60.0 Å². The number of hydrogen-bond acceptors (Lipinski definition) is 8. The van der Waals surface area contributed by atoms with Crippen molar-refractivity contribution in [1.29, 1.82) is 0 Å². The molecule has 0 atom stereocenters. The van der Waals surface area contributed by atoms with Crippen LogP contribution in [0.3, 0.4) is 0 Å². The Morgan fingerprint density at radius 3 is 1.73 bits per heavy atom. The molecule has 3 aromatic rings. The lowest BCUT2D eigenvalue weighted by Gasteiger charge is -2.13. The third-order valence-electron chi connectivity index (χ3n) is 5.66. The van der Waals surface area contributed by atoms with Gasteiger partial charge in [-0.3, -0.25) is 28.9 Å². The zero-order chi connectivity index (χ0) is 29.1. The minimum Gasteiger partial charge on any atom is -0.456 e. The summed E-state index contributed by atoms with van der Waals surface area (Å²) in [4.78, 5) is 75.6. The molecule has 4 rings (SSSR count). The minimum absolute atomic E-state index is 0.0533. The second-order valence-corrected chi connectivity index (χ2v) is 9.98. The molecular weight excluding hydrogens is 608 g/mol. The molecule has 0 saturated heterocycles. The van der Waals surface area contributed by atoms with E-state index in [0.29, 0.717) is 14.9 Å². The first-order valence-electron chi connectivity index (χ1n) is 11.3. The maximum atomic E-state index is 12.8. The number of benzene rings is 3. The van der Waals surface area contributed by atoms with E-state index in [1.165, 1.54) is 48.5 Å². The molecule has 0 radical (unpaired) electrons. The normalized spacial score (nSPS) is 12.2. The van der Waals surface area contributed by atoms with Gasteiger partial charge in [0.1, 0.15) is 6.54 Å². The van der Waals surface area contributed by atoms with Crippen LogP contribution in [0.2, 0.25) is 20.1 Å². The van der Waals surface area contributed by atoms with Gasteiger partial charge in [-0.2, -0.15) is 0 Å². The number of carbonyl (C=O) groups excluding carboxylic acids is 6. The number of ether oxygens (including phenoxy) is 2. The Labute approximate surface area is 246 Å². The van der Waals surface area contributed by atoms with E-state index in [2.05, 4.69) is 0 Å². The number of fused-ring (bicyclic) bond motifs is 1. The van der Waals surface area contributed by atoms with E-state index in [4.69, 9.17) is 55.9 Å². The Hall–Kier alpha value is -3.76. The molecular formula is C27H15Cl4NO8. The van der Waals surface area contributed by atoms with Crippen LogP contribution < -0.4 is 0 Å². The number of hydrogen-bond donors (Lipinski definition) is 0. The average Bonchev–Trinajstić information content (AvgIpc) is 3.14. The fraction of sp³-hybridized carbons (Fsp3) is 0.111. The molecule has 0 fully saturated rings. The highest BCUT2D eigenvalue weighted by molar-refractivity contribution is 6.37. The molecule has 2 amide bonds. The zero-order valence-electron chi connectivity index (χ0n) is 20.0. The second-order valence-electron chi connectivity index (χ2n) is 8.29. The molecule has 0 aromatic heterocycles. The summed E-state index contributed by atoms with van der Waals surface area (Å²) in [6, 6.07) is 12.0. The van der Waals surface area contributed by atoms with Gasteiger partial charge in [0.05, 0.1) is 26.7 Å². The fourth-order valence-electron chi connectivity index (χ4n) is 3.68. The largest absolute Gasteiger partial charge is 0.456 e. The topological polar surface area (TPSA) is 124 Å². The lowest BCUT2D eigenvalue weighted by atomic mass is 10.1. The molecule has 3 aromatic carbocycles. The first-order valence-corrected chi connectivity index (χ1v) is 12.8. The molecule has 0 N–H and O–H groups in total. The Kier molecular flexibility index (Phi) is 8.90. The van der Waals surface area contributed by atoms with Crippen molar-refractivity contribution in [2.45, 2.75) is 0 Å². The van der Waals surface area contributed by atoms with Crippen molar-refractivity contribution < 1.29 is 38.2 Å². The van der Waals surface area contributed by atoms with Gasteiger partial charge in [-0.15, -0.1) is 0 Å². The first kappa shape index (κ1) is 29.2. The van der Waals surface area contributed by atoms with Crippen LogP contribution in [0.15, 0.2) is 54.6 Å². The van der Waals surface area contributed by atoms with E-state index >= 15 is 0 Å². The second kappa shape index (κ2) is 12.2. The Morgan fingerprint density at radius 2 is 1.18 bits per heavy atom. The molecule has 1 aliphatic heterocycles. The summed E-state index contributed by atoms with van der Waals surface area (Å²) in [5, 5.41) is 0.805. The van der Waals surface area contributed by atoms with Gasteiger partial charge in [0.25, 0.3) is 11.8 Å². The summed E-state index contributed by atoms with van der Waals surface area (Å²) in [6.45, 7) is -2.09. The number of esters is 2. The van der Waals surface area contributed by atoms with Crippen molar-refractivity contribution in [3.05, 3.63) is 103 Å². The van der Waals surface area contributed by atoms with Crippen LogP contribution in [0.5, 0.6) is 0 Å². The van der Waals surface area contributed by atoms with Gasteiger partial charge in [-0.05, 0) is 54.6 Å². The van der Waals surface area contributed by atoms with Gasteiger partial charge >= 0.3 is 11.9 Å². The SMILES string of the molecule is O=C(CN1C(=O)c2ccc(C(=O)OCC(=O)c3ccc(Cl)cc3Cl)cc2C1=O)OCC(=O)c1ccc(Cl)cc1Cl. The Morgan fingerprint density at radius 1 is 0.650 bits per heavy atom.